The van der Waals surface area contributed by atoms with Crippen LogP contribution in [-0.4, -0.2) is 27.2 Å². The molecule has 0 saturated heterocycles. The van der Waals surface area contributed by atoms with Gasteiger partial charge < -0.3 is 5.32 Å². The Labute approximate surface area is 127 Å². The molecule has 0 aliphatic carbocycles. The van der Waals surface area contributed by atoms with Gasteiger partial charge in [0, 0.05) is 23.8 Å². The van der Waals surface area contributed by atoms with Crippen molar-refractivity contribution < 1.29 is 4.79 Å². The van der Waals surface area contributed by atoms with E-state index < -0.39 is 0 Å². The molecule has 0 aliphatic heterocycles. The third-order valence-corrected chi connectivity index (χ3v) is 3.74. The number of halogens is 1. The molecular weight excluding hydrogens is 318 g/mol. The molecule has 1 aromatic carbocycles. The molecule has 0 spiro atoms. The minimum absolute atomic E-state index is 0.0873. The second-order valence-electron chi connectivity index (χ2n) is 5.03. The fourth-order valence-corrected chi connectivity index (χ4v) is 2.61. The lowest BCUT2D eigenvalue weighted by Crippen LogP contribution is -2.39. The maximum Gasteiger partial charge on any atom is 0.253 e. The number of hydrogen-bond acceptors (Lipinski definition) is 3. The van der Waals surface area contributed by atoms with E-state index in [-0.39, 0.29) is 11.9 Å². The van der Waals surface area contributed by atoms with Crippen molar-refractivity contribution in [2.75, 3.05) is 5.33 Å². The maximum absolute atomic E-state index is 12.5. The second kappa shape index (κ2) is 6.79. The number of fused-ring (bicyclic) bond motifs is 1. The molecule has 0 radical (unpaired) electrons. The minimum atomic E-state index is -0.0873. The zero-order valence-corrected chi connectivity index (χ0v) is 13.2. The Balaban J connectivity index is 2.27. The predicted octanol–water partition coefficient (Wildman–Crippen LogP) is 3.17. The molecule has 0 bridgehead atoms. The molecule has 0 aliphatic rings. The van der Waals surface area contributed by atoms with Crippen molar-refractivity contribution in [3.8, 4) is 0 Å². The first-order chi connectivity index (χ1) is 9.63. The number of amides is 1. The molecule has 1 atom stereocenters. The van der Waals surface area contributed by atoms with E-state index in [1.54, 1.807) is 18.5 Å². The van der Waals surface area contributed by atoms with Gasteiger partial charge in [-0.2, -0.15) is 0 Å². The highest BCUT2D eigenvalue weighted by Gasteiger charge is 2.18. The van der Waals surface area contributed by atoms with Crippen LogP contribution in [-0.2, 0) is 0 Å². The van der Waals surface area contributed by atoms with Gasteiger partial charge in [0.1, 0.15) is 5.52 Å². The summed E-state index contributed by atoms with van der Waals surface area (Å²) < 4.78 is 0. The van der Waals surface area contributed by atoms with Crippen molar-refractivity contribution in [2.45, 2.75) is 26.3 Å². The average molecular weight is 336 g/mol. The van der Waals surface area contributed by atoms with E-state index in [1.165, 1.54) is 0 Å². The van der Waals surface area contributed by atoms with Gasteiger partial charge in [0.2, 0.25) is 0 Å². The molecule has 1 unspecified atom stereocenters. The van der Waals surface area contributed by atoms with E-state index in [1.807, 2.05) is 12.1 Å². The third kappa shape index (κ3) is 3.33. The summed E-state index contributed by atoms with van der Waals surface area (Å²) in [6, 6.07) is 5.63. The van der Waals surface area contributed by atoms with Crippen molar-refractivity contribution in [3.05, 3.63) is 36.2 Å². The number of alkyl halides is 1. The molecule has 0 fully saturated rings. The topological polar surface area (TPSA) is 54.9 Å². The van der Waals surface area contributed by atoms with Gasteiger partial charge in [-0.3, -0.25) is 14.8 Å². The molecule has 2 aromatic rings. The lowest BCUT2D eigenvalue weighted by Gasteiger charge is -2.21. The summed E-state index contributed by atoms with van der Waals surface area (Å²) in [5.74, 6) is 0.299. The van der Waals surface area contributed by atoms with Crippen LogP contribution in [0.1, 0.15) is 30.6 Å². The van der Waals surface area contributed by atoms with Crippen LogP contribution in [0.25, 0.3) is 11.0 Å². The van der Waals surface area contributed by atoms with Crippen LogP contribution < -0.4 is 5.32 Å². The molecule has 4 nitrogen and oxygen atoms in total. The number of benzene rings is 1. The number of nitrogens with zero attached hydrogens (tertiary/aromatic N) is 2. The fraction of sp³-hybridized carbons (Fsp3) is 0.400. The smallest absolute Gasteiger partial charge is 0.253 e. The standard InChI is InChI=1S/C15H18BrN3O/c1-10(2)12(6-7-16)19-15(20)11-4-3-5-13-14(11)18-9-8-17-13/h3-5,8-10,12H,6-7H2,1-2H3,(H,19,20). The van der Waals surface area contributed by atoms with Gasteiger partial charge >= 0.3 is 0 Å². The Hall–Kier alpha value is -1.49. The first-order valence-corrected chi connectivity index (χ1v) is 7.82. The predicted molar refractivity (Wildman–Crippen MR) is 84.0 cm³/mol. The summed E-state index contributed by atoms with van der Waals surface area (Å²) in [7, 11) is 0. The molecule has 1 amide bonds. The molecule has 1 N–H and O–H groups in total. The van der Waals surface area contributed by atoms with E-state index in [0.717, 1.165) is 17.3 Å². The molecular formula is C15H18BrN3O. The third-order valence-electron chi connectivity index (χ3n) is 3.28. The van der Waals surface area contributed by atoms with Gasteiger partial charge in [0.25, 0.3) is 5.91 Å². The number of hydrogen-bond donors (Lipinski definition) is 1. The van der Waals surface area contributed by atoms with Gasteiger partial charge in [-0.1, -0.05) is 35.8 Å². The quantitative estimate of drug-likeness (QED) is 0.854. The van der Waals surface area contributed by atoms with Gasteiger partial charge in [-0.05, 0) is 24.5 Å². The van der Waals surface area contributed by atoms with Gasteiger partial charge in [-0.25, -0.2) is 0 Å². The van der Waals surface area contributed by atoms with Crippen molar-refractivity contribution in [1.82, 2.24) is 15.3 Å². The highest BCUT2D eigenvalue weighted by Crippen LogP contribution is 2.15. The SMILES string of the molecule is CC(C)C(CCBr)NC(=O)c1cccc2nccnc12. The number of rotatable bonds is 5. The van der Waals surface area contributed by atoms with E-state index in [2.05, 4.69) is 45.1 Å². The molecule has 1 heterocycles. The van der Waals surface area contributed by atoms with E-state index in [0.29, 0.717) is 17.0 Å². The summed E-state index contributed by atoms with van der Waals surface area (Å²) in [6.45, 7) is 4.22. The number of para-hydroxylation sites is 1. The maximum atomic E-state index is 12.5. The van der Waals surface area contributed by atoms with E-state index in [9.17, 15) is 4.79 Å². The van der Waals surface area contributed by atoms with Gasteiger partial charge in [-0.15, -0.1) is 0 Å². The zero-order chi connectivity index (χ0) is 14.5. The van der Waals surface area contributed by atoms with Crippen LogP contribution in [0, 0.1) is 5.92 Å². The molecule has 2 rings (SSSR count). The van der Waals surface area contributed by atoms with Crippen LogP contribution in [0.15, 0.2) is 30.6 Å². The second-order valence-corrected chi connectivity index (χ2v) is 5.82. The Bertz CT molecular complexity index is 595. The van der Waals surface area contributed by atoms with Crippen LogP contribution in [0.2, 0.25) is 0 Å². The lowest BCUT2D eigenvalue weighted by atomic mass is 10.0. The monoisotopic (exact) mass is 335 g/mol. The Morgan fingerprint density at radius 1 is 1.30 bits per heavy atom. The first kappa shape index (κ1) is 14.9. The van der Waals surface area contributed by atoms with E-state index >= 15 is 0 Å². The van der Waals surface area contributed by atoms with Crippen molar-refractivity contribution >= 4 is 32.9 Å². The first-order valence-electron chi connectivity index (χ1n) is 6.70. The summed E-state index contributed by atoms with van der Waals surface area (Å²) in [6.07, 6.45) is 4.14. The molecule has 106 valence electrons. The summed E-state index contributed by atoms with van der Waals surface area (Å²) in [5.41, 5.74) is 1.96. The van der Waals surface area contributed by atoms with Crippen molar-refractivity contribution in [3.63, 3.8) is 0 Å². The Morgan fingerprint density at radius 2 is 2.05 bits per heavy atom. The van der Waals surface area contributed by atoms with Crippen molar-refractivity contribution in [2.24, 2.45) is 5.92 Å². The normalized spacial score (nSPS) is 12.6. The van der Waals surface area contributed by atoms with Crippen LogP contribution in [0.5, 0.6) is 0 Å². The fourth-order valence-electron chi connectivity index (χ4n) is 2.11. The number of nitrogens with one attached hydrogen (secondary N) is 1. The van der Waals surface area contributed by atoms with Crippen LogP contribution >= 0.6 is 15.9 Å². The number of carbonyl (C=O) groups is 1. The average Bonchev–Trinajstić information content (AvgIpc) is 2.46. The molecule has 0 saturated carbocycles. The number of aromatic nitrogens is 2. The van der Waals surface area contributed by atoms with Gasteiger partial charge in [0.15, 0.2) is 0 Å². The molecule has 20 heavy (non-hydrogen) atoms. The lowest BCUT2D eigenvalue weighted by molar-refractivity contribution is 0.0926. The highest BCUT2D eigenvalue weighted by atomic mass is 79.9. The molecule has 1 aromatic heterocycles. The van der Waals surface area contributed by atoms with Crippen LogP contribution in [0.3, 0.4) is 0 Å². The van der Waals surface area contributed by atoms with E-state index in [4.69, 9.17) is 0 Å². The summed E-state index contributed by atoms with van der Waals surface area (Å²) >= 11 is 3.43. The van der Waals surface area contributed by atoms with Crippen molar-refractivity contribution in [1.29, 1.82) is 0 Å². The summed E-state index contributed by atoms with van der Waals surface area (Å²) in [4.78, 5) is 20.9. The Kier molecular flexibility index (Phi) is 5.06. The van der Waals surface area contributed by atoms with Gasteiger partial charge in [0.05, 0.1) is 11.1 Å². The Morgan fingerprint density at radius 3 is 2.75 bits per heavy atom. The summed E-state index contributed by atoms with van der Waals surface area (Å²) in [5, 5.41) is 3.96. The largest absolute Gasteiger partial charge is 0.349 e. The minimum Gasteiger partial charge on any atom is -0.349 e. The highest BCUT2D eigenvalue weighted by molar-refractivity contribution is 9.09. The number of carbonyl (C=O) groups excluding carboxylic acids is 1. The zero-order valence-electron chi connectivity index (χ0n) is 11.6. The van der Waals surface area contributed by atoms with Crippen LogP contribution in [0.4, 0.5) is 0 Å². The molecule has 5 heteroatoms.